The van der Waals surface area contributed by atoms with Gasteiger partial charge in [0.2, 0.25) is 0 Å². The molecule has 0 amide bonds. The number of piperazine rings is 1. The molecule has 0 aromatic rings. The summed E-state index contributed by atoms with van der Waals surface area (Å²) in [5, 5.41) is 10.4. The van der Waals surface area contributed by atoms with Crippen molar-refractivity contribution in [2.24, 2.45) is 5.92 Å². The lowest BCUT2D eigenvalue weighted by molar-refractivity contribution is -0.0407. The van der Waals surface area contributed by atoms with Crippen LogP contribution in [0.3, 0.4) is 0 Å². The largest absolute Gasteiger partial charge is 0.391 e. The molecule has 2 aliphatic heterocycles. The van der Waals surface area contributed by atoms with Crippen LogP contribution in [-0.2, 0) is 0 Å². The molecule has 20 heavy (non-hydrogen) atoms. The number of rotatable bonds is 3. The Morgan fingerprint density at radius 1 is 1.00 bits per heavy atom. The van der Waals surface area contributed by atoms with Crippen LogP contribution in [0.1, 0.15) is 58.3 Å². The van der Waals surface area contributed by atoms with Crippen molar-refractivity contribution in [3.8, 4) is 0 Å². The van der Waals surface area contributed by atoms with Crippen LogP contribution in [0.5, 0.6) is 0 Å². The van der Waals surface area contributed by atoms with Crippen LogP contribution in [0.25, 0.3) is 0 Å². The lowest BCUT2D eigenvalue weighted by Gasteiger charge is -2.49. The molecular weight excluding hydrogens is 248 g/mol. The summed E-state index contributed by atoms with van der Waals surface area (Å²) in [6.45, 7) is 7.22. The Kier molecular flexibility index (Phi) is 5.00. The average Bonchev–Trinajstić information content (AvgIpc) is 2.49. The van der Waals surface area contributed by atoms with Crippen molar-refractivity contribution in [3.63, 3.8) is 0 Å². The van der Waals surface area contributed by atoms with Crippen molar-refractivity contribution in [1.82, 2.24) is 9.80 Å². The SMILES string of the molecule is CCCC1CCC(O)C(N2CCN3CCCCC3C2)C1. The van der Waals surface area contributed by atoms with E-state index in [1.54, 1.807) is 0 Å². The van der Waals surface area contributed by atoms with Gasteiger partial charge in [-0.05, 0) is 44.6 Å². The Balaban J connectivity index is 1.59. The number of fused-ring (bicyclic) bond motifs is 1. The maximum absolute atomic E-state index is 10.4. The van der Waals surface area contributed by atoms with Crippen molar-refractivity contribution in [2.75, 3.05) is 26.2 Å². The van der Waals surface area contributed by atoms with Crippen LogP contribution >= 0.6 is 0 Å². The molecule has 4 atom stereocenters. The maximum Gasteiger partial charge on any atom is 0.0695 e. The molecule has 0 aromatic carbocycles. The zero-order valence-electron chi connectivity index (χ0n) is 13.1. The summed E-state index contributed by atoms with van der Waals surface area (Å²) in [6, 6.07) is 1.22. The van der Waals surface area contributed by atoms with Gasteiger partial charge in [-0.2, -0.15) is 0 Å². The summed E-state index contributed by atoms with van der Waals surface area (Å²) < 4.78 is 0. The van der Waals surface area contributed by atoms with Crippen LogP contribution in [0, 0.1) is 5.92 Å². The molecule has 1 saturated carbocycles. The third-order valence-corrected chi connectivity index (χ3v) is 5.92. The highest BCUT2D eigenvalue weighted by Crippen LogP contribution is 2.33. The van der Waals surface area contributed by atoms with Gasteiger partial charge < -0.3 is 5.11 Å². The van der Waals surface area contributed by atoms with Crippen molar-refractivity contribution < 1.29 is 5.11 Å². The van der Waals surface area contributed by atoms with E-state index >= 15 is 0 Å². The molecule has 1 aliphatic carbocycles. The molecular formula is C17H32N2O. The fourth-order valence-electron chi connectivity index (χ4n) is 4.76. The molecule has 0 spiro atoms. The Morgan fingerprint density at radius 3 is 2.70 bits per heavy atom. The molecule has 4 unspecified atom stereocenters. The molecule has 0 aromatic heterocycles. The number of aliphatic hydroxyl groups excluding tert-OH is 1. The quantitative estimate of drug-likeness (QED) is 0.860. The number of hydrogen-bond donors (Lipinski definition) is 1. The van der Waals surface area contributed by atoms with Crippen molar-refractivity contribution >= 4 is 0 Å². The Bertz CT molecular complexity index is 309. The van der Waals surface area contributed by atoms with E-state index in [-0.39, 0.29) is 6.10 Å². The van der Waals surface area contributed by atoms with Crippen LogP contribution in [0.2, 0.25) is 0 Å². The van der Waals surface area contributed by atoms with Gasteiger partial charge in [0.25, 0.3) is 0 Å². The normalized spacial score (nSPS) is 40.5. The summed E-state index contributed by atoms with van der Waals surface area (Å²) in [5.41, 5.74) is 0. The first-order chi connectivity index (χ1) is 9.78. The highest BCUT2D eigenvalue weighted by atomic mass is 16.3. The predicted molar refractivity (Wildman–Crippen MR) is 82.8 cm³/mol. The molecule has 0 radical (unpaired) electrons. The second-order valence-electron chi connectivity index (χ2n) is 7.28. The Morgan fingerprint density at radius 2 is 1.85 bits per heavy atom. The van der Waals surface area contributed by atoms with E-state index in [1.165, 1.54) is 71.1 Å². The first-order valence-corrected chi connectivity index (χ1v) is 8.94. The van der Waals surface area contributed by atoms with E-state index < -0.39 is 0 Å². The summed E-state index contributed by atoms with van der Waals surface area (Å²) in [4.78, 5) is 5.33. The summed E-state index contributed by atoms with van der Waals surface area (Å²) in [7, 11) is 0. The Hall–Kier alpha value is -0.120. The standard InChI is InChI=1S/C17H32N2O/c1-2-5-14-7-8-17(20)16(12-14)19-11-10-18-9-4-3-6-15(18)13-19/h14-17,20H,2-13H2,1H3. The summed E-state index contributed by atoms with van der Waals surface area (Å²) >= 11 is 0. The molecule has 3 nitrogen and oxygen atoms in total. The third-order valence-electron chi connectivity index (χ3n) is 5.92. The maximum atomic E-state index is 10.4. The van der Waals surface area contributed by atoms with Gasteiger partial charge in [0, 0.05) is 31.7 Å². The highest BCUT2D eigenvalue weighted by Gasteiger charge is 2.37. The molecule has 3 fully saturated rings. The first kappa shape index (κ1) is 14.8. The van der Waals surface area contributed by atoms with Crippen LogP contribution < -0.4 is 0 Å². The van der Waals surface area contributed by atoms with E-state index in [0.717, 1.165) is 18.4 Å². The van der Waals surface area contributed by atoms with Gasteiger partial charge in [-0.25, -0.2) is 0 Å². The van der Waals surface area contributed by atoms with E-state index in [0.29, 0.717) is 6.04 Å². The van der Waals surface area contributed by atoms with E-state index in [4.69, 9.17) is 0 Å². The van der Waals surface area contributed by atoms with Gasteiger partial charge in [-0.3, -0.25) is 9.80 Å². The zero-order chi connectivity index (χ0) is 13.9. The molecule has 0 bridgehead atoms. The fraction of sp³-hybridized carbons (Fsp3) is 1.00. The first-order valence-electron chi connectivity index (χ1n) is 8.94. The fourth-order valence-corrected chi connectivity index (χ4v) is 4.76. The Labute approximate surface area is 124 Å². The van der Waals surface area contributed by atoms with Gasteiger partial charge in [-0.1, -0.05) is 26.2 Å². The smallest absolute Gasteiger partial charge is 0.0695 e. The zero-order valence-corrected chi connectivity index (χ0v) is 13.1. The minimum Gasteiger partial charge on any atom is -0.391 e. The lowest BCUT2D eigenvalue weighted by atomic mass is 9.80. The van der Waals surface area contributed by atoms with Gasteiger partial charge in [0.1, 0.15) is 0 Å². The molecule has 3 rings (SSSR count). The molecule has 1 N–H and O–H groups in total. The minimum atomic E-state index is -0.0711. The number of aliphatic hydroxyl groups is 1. The molecule has 3 heteroatoms. The summed E-state index contributed by atoms with van der Waals surface area (Å²) in [5.74, 6) is 0.859. The van der Waals surface area contributed by atoms with Crippen molar-refractivity contribution in [2.45, 2.75) is 76.5 Å². The lowest BCUT2D eigenvalue weighted by Crippen LogP contribution is -2.60. The topological polar surface area (TPSA) is 26.7 Å². The molecule has 116 valence electrons. The van der Waals surface area contributed by atoms with Gasteiger partial charge >= 0.3 is 0 Å². The van der Waals surface area contributed by atoms with Gasteiger partial charge in [0.05, 0.1) is 6.10 Å². The molecule has 2 heterocycles. The van der Waals surface area contributed by atoms with Crippen LogP contribution in [0.15, 0.2) is 0 Å². The second kappa shape index (κ2) is 6.76. The monoisotopic (exact) mass is 280 g/mol. The average molecular weight is 280 g/mol. The second-order valence-corrected chi connectivity index (χ2v) is 7.28. The number of piperidine rings is 1. The van der Waals surface area contributed by atoms with Gasteiger partial charge in [0.15, 0.2) is 0 Å². The van der Waals surface area contributed by atoms with Crippen LogP contribution in [0.4, 0.5) is 0 Å². The number of hydrogen-bond acceptors (Lipinski definition) is 3. The molecule has 3 aliphatic rings. The van der Waals surface area contributed by atoms with E-state index in [9.17, 15) is 5.11 Å². The van der Waals surface area contributed by atoms with Crippen molar-refractivity contribution in [3.05, 3.63) is 0 Å². The van der Waals surface area contributed by atoms with E-state index in [2.05, 4.69) is 16.7 Å². The third kappa shape index (κ3) is 3.20. The van der Waals surface area contributed by atoms with Crippen LogP contribution in [-0.4, -0.2) is 59.3 Å². The van der Waals surface area contributed by atoms with Gasteiger partial charge in [-0.15, -0.1) is 0 Å². The summed E-state index contributed by atoms with van der Waals surface area (Å²) in [6.07, 6.45) is 10.3. The minimum absolute atomic E-state index is 0.0711. The molecule has 2 saturated heterocycles. The van der Waals surface area contributed by atoms with Crippen molar-refractivity contribution in [1.29, 1.82) is 0 Å². The predicted octanol–water partition coefficient (Wildman–Crippen LogP) is 2.49. The highest BCUT2D eigenvalue weighted by molar-refractivity contribution is 4.93. The number of nitrogens with zero attached hydrogens (tertiary/aromatic N) is 2. The van der Waals surface area contributed by atoms with E-state index in [1.807, 2.05) is 0 Å².